The number of nitrogen functional groups attached to an aromatic ring is 1. The number of anilines is 1. The van der Waals surface area contributed by atoms with E-state index in [1.165, 1.54) is 4.70 Å². The number of fused-ring (bicyclic) bond motifs is 2. The molecule has 1 aliphatic heterocycles. The van der Waals surface area contributed by atoms with Gasteiger partial charge in [-0.15, -0.1) is 11.3 Å². The molecule has 29 heavy (non-hydrogen) atoms. The molecule has 6 heteroatoms. The highest BCUT2D eigenvalue weighted by Crippen LogP contribution is 2.38. The molecule has 1 amide bonds. The van der Waals surface area contributed by atoms with Crippen molar-refractivity contribution < 1.29 is 4.79 Å². The largest absolute Gasteiger partial charge is 0.383 e. The molecule has 0 aliphatic carbocycles. The molecular weight excluding hydrogens is 380 g/mol. The molecule has 0 spiro atoms. The van der Waals surface area contributed by atoms with Gasteiger partial charge in [0.05, 0.1) is 27.3 Å². The molecule has 1 fully saturated rings. The first-order chi connectivity index (χ1) is 14.0. The maximum absolute atomic E-state index is 13.5. The van der Waals surface area contributed by atoms with E-state index in [4.69, 9.17) is 5.73 Å². The molecule has 0 bridgehead atoms. The Hall–Kier alpha value is -2.99. The van der Waals surface area contributed by atoms with Crippen molar-refractivity contribution in [2.24, 2.45) is 0 Å². The molecule has 0 saturated carbocycles. The number of thiazole rings is 1. The quantitative estimate of drug-likeness (QED) is 0.506. The van der Waals surface area contributed by atoms with Crippen LogP contribution in [0.1, 0.15) is 47.3 Å². The molecule has 2 aromatic carbocycles. The number of amides is 1. The molecule has 2 N–H and O–H groups in total. The Morgan fingerprint density at radius 1 is 1.14 bits per heavy atom. The standard InChI is InChI=1S/C23H22N4OS/c1-13-9-17-10-16(4-6-18(17)26-22(13)24)23(28)27-14(2)3-7-20(27)15-5-8-21-19(11-15)25-12-29-21/h4-6,8-12,14,20H,3,7H2,1-2H3,(H2,24,26). The summed E-state index contributed by atoms with van der Waals surface area (Å²) in [5, 5.41) is 0.940. The average Bonchev–Trinajstić information content (AvgIpc) is 3.33. The second-order valence-electron chi connectivity index (χ2n) is 7.83. The van der Waals surface area contributed by atoms with Crippen molar-refractivity contribution in [3.8, 4) is 0 Å². The highest BCUT2D eigenvalue weighted by Gasteiger charge is 2.36. The number of hydrogen-bond acceptors (Lipinski definition) is 5. The Labute approximate surface area is 173 Å². The van der Waals surface area contributed by atoms with Gasteiger partial charge in [-0.05, 0) is 74.2 Å². The molecule has 2 atom stereocenters. The van der Waals surface area contributed by atoms with E-state index in [-0.39, 0.29) is 18.0 Å². The maximum atomic E-state index is 13.5. The van der Waals surface area contributed by atoms with E-state index in [9.17, 15) is 4.79 Å². The van der Waals surface area contributed by atoms with Gasteiger partial charge in [-0.1, -0.05) is 6.07 Å². The second kappa shape index (κ2) is 6.81. The van der Waals surface area contributed by atoms with Crippen LogP contribution >= 0.6 is 11.3 Å². The lowest BCUT2D eigenvalue weighted by atomic mass is 10.0. The summed E-state index contributed by atoms with van der Waals surface area (Å²) in [6.07, 6.45) is 1.96. The van der Waals surface area contributed by atoms with Crippen LogP contribution < -0.4 is 5.73 Å². The molecule has 2 unspecified atom stereocenters. The van der Waals surface area contributed by atoms with Crippen LogP contribution in [0.15, 0.2) is 48.0 Å². The first-order valence-electron chi connectivity index (χ1n) is 9.84. The number of nitrogens with zero attached hydrogens (tertiary/aromatic N) is 3. The lowest BCUT2D eigenvalue weighted by molar-refractivity contribution is 0.0679. The van der Waals surface area contributed by atoms with Crippen LogP contribution in [0, 0.1) is 6.92 Å². The number of nitrogens with two attached hydrogens (primary N) is 1. The number of aryl methyl sites for hydroxylation is 1. The van der Waals surface area contributed by atoms with E-state index in [1.54, 1.807) is 11.3 Å². The van der Waals surface area contributed by atoms with E-state index in [1.807, 2.05) is 41.6 Å². The zero-order valence-electron chi connectivity index (χ0n) is 16.4. The lowest BCUT2D eigenvalue weighted by Crippen LogP contribution is -2.35. The number of aromatic nitrogens is 2. The van der Waals surface area contributed by atoms with Gasteiger partial charge in [-0.2, -0.15) is 0 Å². The van der Waals surface area contributed by atoms with Crippen molar-refractivity contribution in [1.29, 1.82) is 0 Å². The van der Waals surface area contributed by atoms with E-state index in [2.05, 4.69) is 35.1 Å². The minimum Gasteiger partial charge on any atom is -0.383 e. The van der Waals surface area contributed by atoms with Crippen LogP contribution in [0.4, 0.5) is 5.82 Å². The van der Waals surface area contributed by atoms with Gasteiger partial charge < -0.3 is 10.6 Å². The Balaban J connectivity index is 1.52. The average molecular weight is 403 g/mol. The molecule has 1 saturated heterocycles. The highest BCUT2D eigenvalue weighted by atomic mass is 32.1. The van der Waals surface area contributed by atoms with Crippen molar-refractivity contribution >= 4 is 44.2 Å². The predicted octanol–water partition coefficient (Wildman–Crippen LogP) is 5.10. The van der Waals surface area contributed by atoms with Crippen LogP contribution in [0.5, 0.6) is 0 Å². The first-order valence-corrected chi connectivity index (χ1v) is 10.7. The molecule has 3 heterocycles. The summed E-state index contributed by atoms with van der Waals surface area (Å²) in [4.78, 5) is 24.4. The van der Waals surface area contributed by atoms with Crippen molar-refractivity contribution in [2.45, 2.75) is 38.8 Å². The SMILES string of the molecule is Cc1cc2cc(C(=O)N3C(C)CCC3c3ccc4scnc4c3)ccc2nc1N. The topological polar surface area (TPSA) is 72.1 Å². The zero-order valence-corrected chi connectivity index (χ0v) is 17.2. The van der Waals surface area contributed by atoms with E-state index >= 15 is 0 Å². The van der Waals surface area contributed by atoms with Gasteiger partial charge in [0, 0.05) is 17.0 Å². The minimum absolute atomic E-state index is 0.0646. The summed E-state index contributed by atoms with van der Waals surface area (Å²) >= 11 is 1.64. The van der Waals surface area contributed by atoms with Crippen LogP contribution in [0.2, 0.25) is 0 Å². The van der Waals surface area contributed by atoms with Crippen LogP contribution in [-0.4, -0.2) is 26.8 Å². The summed E-state index contributed by atoms with van der Waals surface area (Å²) in [7, 11) is 0. The van der Waals surface area contributed by atoms with Crippen molar-refractivity contribution in [3.63, 3.8) is 0 Å². The number of benzene rings is 2. The number of rotatable bonds is 2. The highest BCUT2D eigenvalue weighted by molar-refractivity contribution is 7.16. The molecule has 146 valence electrons. The fraction of sp³-hybridized carbons (Fsp3) is 0.261. The van der Waals surface area contributed by atoms with E-state index < -0.39 is 0 Å². The maximum Gasteiger partial charge on any atom is 0.254 e. The number of pyridine rings is 1. The fourth-order valence-corrected chi connectivity index (χ4v) is 4.97. The third-order valence-electron chi connectivity index (χ3n) is 5.93. The molecule has 4 aromatic rings. The van der Waals surface area contributed by atoms with Crippen LogP contribution in [0.3, 0.4) is 0 Å². The van der Waals surface area contributed by atoms with Crippen LogP contribution in [0.25, 0.3) is 21.1 Å². The van der Waals surface area contributed by atoms with E-state index in [0.29, 0.717) is 11.4 Å². The Morgan fingerprint density at radius 2 is 2.00 bits per heavy atom. The van der Waals surface area contributed by atoms with Gasteiger partial charge in [0.25, 0.3) is 5.91 Å². The second-order valence-corrected chi connectivity index (χ2v) is 8.72. The monoisotopic (exact) mass is 402 g/mol. The van der Waals surface area contributed by atoms with Crippen molar-refractivity contribution in [2.75, 3.05) is 5.73 Å². The summed E-state index contributed by atoms with van der Waals surface area (Å²) < 4.78 is 1.18. The van der Waals surface area contributed by atoms with Crippen molar-refractivity contribution in [3.05, 3.63) is 64.7 Å². The van der Waals surface area contributed by atoms with E-state index in [0.717, 1.165) is 40.4 Å². The van der Waals surface area contributed by atoms with Gasteiger partial charge in [0.2, 0.25) is 0 Å². The summed E-state index contributed by atoms with van der Waals surface area (Å²) in [5.41, 5.74) is 12.4. The van der Waals surface area contributed by atoms with Gasteiger partial charge in [0.1, 0.15) is 5.82 Å². The number of likely N-dealkylation sites (tertiary alicyclic amines) is 1. The lowest BCUT2D eigenvalue weighted by Gasteiger charge is -2.29. The summed E-state index contributed by atoms with van der Waals surface area (Å²) in [5.74, 6) is 0.594. The van der Waals surface area contributed by atoms with Crippen LogP contribution in [-0.2, 0) is 0 Å². The summed E-state index contributed by atoms with van der Waals surface area (Å²) in [6, 6.07) is 14.3. The molecule has 5 nitrogen and oxygen atoms in total. The molecule has 0 radical (unpaired) electrons. The van der Waals surface area contributed by atoms with Gasteiger partial charge >= 0.3 is 0 Å². The third kappa shape index (κ3) is 3.04. The predicted molar refractivity (Wildman–Crippen MR) is 118 cm³/mol. The van der Waals surface area contributed by atoms with Crippen molar-refractivity contribution in [1.82, 2.24) is 14.9 Å². The Morgan fingerprint density at radius 3 is 2.86 bits per heavy atom. The van der Waals surface area contributed by atoms with Gasteiger partial charge in [0.15, 0.2) is 0 Å². The number of hydrogen-bond donors (Lipinski definition) is 1. The summed E-state index contributed by atoms with van der Waals surface area (Å²) in [6.45, 7) is 4.07. The van der Waals surface area contributed by atoms with Gasteiger partial charge in [-0.3, -0.25) is 4.79 Å². The fourth-order valence-electron chi connectivity index (χ4n) is 4.31. The zero-order chi connectivity index (χ0) is 20.1. The Kier molecular flexibility index (Phi) is 4.24. The Bertz CT molecular complexity index is 1250. The number of carbonyl (C=O) groups is 1. The first kappa shape index (κ1) is 18.1. The third-order valence-corrected chi connectivity index (χ3v) is 6.74. The molecule has 5 rings (SSSR count). The normalized spacial score (nSPS) is 19.3. The molecular formula is C23H22N4OS. The number of carbonyl (C=O) groups excluding carboxylic acids is 1. The molecule has 1 aliphatic rings. The minimum atomic E-state index is 0.0646. The van der Waals surface area contributed by atoms with Gasteiger partial charge in [-0.25, -0.2) is 9.97 Å². The molecule has 2 aromatic heterocycles. The smallest absolute Gasteiger partial charge is 0.254 e.